The summed E-state index contributed by atoms with van der Waals surface area (Å²) in [6.45, 7) is 8.69. The van der Waals surface area contributed by atoms with E-state index in [1.54, 1.807) is 6.33 Å². The largest absolute Gasteiger partial charge is 0.492 e. The smallest absolute Gasteiger partial charge is 0.125 e. The summed E-state index contributed by atoms with van der Waals surface area (Å²) in [5, 5.41) is 0. The van der Waals surface area contributed by atoms with Crippen LogP contribution in [0.25, 0.3) is 0 Å². The average molecular weight is 285 g/mol. The van der Waals surface area contributed by atoms with Gasteiger partial charge in [-0.05, 0) is 44.5 Å². The van der Waals surface area contributed by atoms with Gasteiger partial charge in [0, 0.05) is 31.0 Å². The summed E-state index contributed by atoms with van der Waals surface area (Å²) in [4.78, 5) is 10.3. The van der Waals surface area contributed by atoms with Crippen molar-refractivity contribution in [2.45, 2.75) is 27.3 Å². The van der Waals surface area contributed by atoms with Crippen LogP contribution in [0.4, 0.5) is 0 Å². The van der Waals surface area contributed by atoms with Crippen LogP contribution in [0.1, 0.15) is 22.3 Å². The van der Waals surface area contributed by atoms with Gasteiger partial charge in [0.2, 0.25) is 0 Å². The molecule has 0 radical (unpaired) electrons. The number of nitrogens with zero attached hydrogens (tertiary/aromatic N) is 3. The standard InChI is InChI=1S/C17H23N3O/c1-13-5-6-14(2)17(15(13)3)21-8-7-20(4)11-16-9-18-12-19-10-16/h5-6,9-10,12H,7-8,11H2,1-4H3. The topological polar surface area (TPSA) is 38.2 Å². The summed E-state index contributed by atoms with van der Waals surface area (Å²) in [6, 6.07) is 4.25. The molecule has 2 rings (SSSR count). The van der Waals surface area contributed by atoms with Gasteiger partial charge < -0.3 is 4.74 Å². The Morgan fingerprint density at radius 3 is 2.43 bits per heavy atom. The highest BCUT2D eigenvalue weighted by molar-refractivity contribution is 5.44. The second kappa shape index (κ2) is 7.18. The van der Waals surface area contributed by atoms with Crippen molar-refractivity contribution in [3.63, 3.8) is 0 Å². The van der Waals surface area contributed by atoms with E-state index in [4.69, 9.17) is 4.74 Å². The number of aromatic nitrogens is 2. The number of hydrogen-bond acceptors (Lipinski definition) is 4. The maximum atomic E-state index is 5.98. The molecule has 1 heterocycles. The Bertz CT molecular complexity index is 584. The molecule has 112 valence electrons. The lowest BCUT2D eigenvalue weighted by Crippen LogP contribution is -2.24. The Hall–Kier alpha value is -1.94. The van der Waals surface area contributed by atoms with Crippen molar-refractivity contribution in [3.8, 4) is 5.75 Å². The lowest BCUT2D eigenvalue weighted by molar-refractivity contribution is 0.230. The van der Waals surface area contributed by atoms with Crippen LogP contribution < -0.4 is 4.74 Å². The van der Waals surface area contributed by atoms with Crippen molar-refractivity contribution >= 4 is 0 Å². The van der Waals surface area contributed by atoms with E-state index in [0.717, 1.165) is 24.4 Å². The van der Waals surface area contributed by atoms with E-state index >= 15 is 0 Å². The van der Waals surface area contributed by atoms with Gasteiger partial charge in [-0.1, -0.05) is 12.1 Å². The maximum absolute atomic E-state index is 5.98. The van der Waals surface area contributed by atoms with Crippen LogP contribution in [0.3, 0.4) is 0 Å². The molecular weight excluding hydrogens is 262 g/mol. The molecule has 21 heavy (non-hydrogen) atoms. The first kappa shape index (κ1) is 15.4. The molecule has 0 saturated carbocycles. The van der Waals surface area contributed by atoms with Crippen LogP contribution in [0.5, 0.6) is 5.75 Å². The fourth-order valence-electron chi connectivity index (χ4n) is 2.25. The maximum Gasteiger partial charge on any atom is 0.125 e. The zero-order valence-corrected chi connectivity index (χ0v) is 13.3. The highest BCUT2D eigenvalue weighted by Crippen LogP contribution is 2.25. The van der Waals surface area contributed by atoms with Crippen molar-refractivity contribution in [3.05, 3.63) is 53.1 Å². The van der Waals surface area contributed by atoms with Gasteiger partial charge in [0.05, 0.1) is 0 Å². The van der Waals surface area contributed by atoms with Crippen LogP contribution in [-0.2, 0) is 6.54 Å². The predicted molar refractivity (Wildman–Crippen MR) is 84.5 cm³/mol. The third-order valence-electron chi connectivity index (χ3n) is 3.66. The lowest BCUT2D eigenvalue weighted by Gasteiger charge is -2.18. The van der Waals surface area contributed by atoms with Crippen LogP contribution in [0.15, 0.2) is 30.9 Å². The summed E-state index contributed by atoms with van der Waals surface area (Å²) >= 11 is 0. The van der Waals surface area contributed by atoms with Gasteiger partial charge in [-0.25, -0.2) is 9.97 Å². The SMILES string of the molecule is Cc1ccc(C)c(OCCN(C)Cc2cncnc2)c1C. The molecule has 4 nitrogen and oxygen atoms in total. The van der Waals surface area contributed by atoms with Crippen molar-refractivity contribution < 1.29 is 4.74 Å². The van der Waals surface area contributed by atoms with Crippen LogP contribution in [-0.4, -0.2) is 35.1 Å². The summed E-state index contributed by atoms with van der Waals surface area (Å²) in [7, 11) is 2.08. The minimum atomic E-state index is 0.676. The fraction of sp³-hybridized carbons (Fsp3) is 0.412. The van der Waals surface area contributed by atoms with Gasteiger partial charge in [-0.3, -0.25) is 4.90 Å². The first-order valence-electron chi connectivity index (χ1n) is 7.20. The summed E-state index contributed by atoms with van der Waals surface area (Å²) in [6.07, 6.45) is 5.24. The van der Waals surface area contributed by atoms with Gasteiger partial charge in [-0.2, -0.15) is 0 Å². The van der Waals surface area contributed by atoms with Crippen molar-refractivity contribution in [2.24, 2.45) is 0 Å². The van der Waals surface area contributed by atoms with E-state index in [2.05, 4.69) is 54.8 Å². The molecule has 1 aromatic carbocycles. The molecule has 0 bridgehead atoms. The molecule has 0 unspecified atom stereocenters. The van der Waals surface area contributed by atoms with Crippen molar-refractivity contribution in [1.29, 1.82) is 0 Å². The van der Waals surface area contributed by atoms with Gasteiger partial charge in [0.1, 0.15) is 18.7 Å². The lowest BCUT2D eigenvalue weighted by atomic mass is 10.1. The highest BCUT2D eigenvalue weighted by atomic mass is 16.5. The van der Waals surface area contributed by atoms with E-state index in [0.29, 0.717) is 6.61 Å². The molecule has 2 aromatic rings. The molecule has 0 aliphatic heterocycles. The first-order chi connectivity index (χ1) is 10.1. The number of aryl methyl sites for hydroxylation is 2. The monoisotopic (exact) mass is 285 g/mol. The Morgan fingerprint density at radius 1 is 1.05 bits per heavy atom. The van der Waals surface area contributed by atoms with Crippen LogP contribution in [0, 0.1) is 20.8 Å². The fourth-order valence-corrected chi connectivity index (χ4v) is 2.25. The zero-order valence-electron chi connectivity index (χ0n) is 13.3. The number of likely N-dealkylation sites (N-methyl/N-ethyl adjacent to an activating group) is 1. The molecule has 0 aliphatic rings. The Balaban J connectivity index is 1.86. The van der Waals surface area contributed by atoms with E-state index in [9.17, 15) is 0 Å². The first-order valence-corrected chi connectivity index (χ1v) is 7.20. The summed E-state index contributed by atoms with van der Waals surface area (Å²) < 4.78 is 5.98. The number of hydrogen-bond donors (Lipinski definition) is 0. The van der Waals surface area contributed by atoms with Crippen LogP contribution >= 0.6 is 0 Å². The normalized spacial score (nSPS) is 10.9. The third-order valence-corrected chi connectivity index (χ3v) is 3.66. The Labute approximate surface area is 126 Å². The third kappa shape index (κ3) is 4.26. The Morgan fingerprint density at radius 2 is 1.71 bits per heavy atom. The van der Waals surface area contributed by atoms with Gasteiger partial charge in [0.15, 0.2) is 0 Å². The molecule has 0 fully saturated rings. The van der Waals surface area contributed by atoms with Crippen molar-refractivity contribution in [1.82, 2.24) is 14.9 Å². The molecule has 0 spiro atoms. The van der Waals surface area contributed by atoms with Gasteiger partial charge in [0.25, 0.3) is 0 Å². The minimum absolute atomic E-state index is 0.676. The molecule has 1 aromatic heterocycles. The number of rotatable bonds is 6. The average Bonchev–Trinajstić information content (AvgIpc) is 2.48. The predicted octanol–water partition coefficient (Wildman–Crippen LogP) is 2.91. The molecule has 0 amide bonds. The van der Waals surface area contributed by atoms with E-state index in [-0.39, 0.29) is 0 Å². The van der Waals surface area contributed by atoms with E-state index in [1.165, 1.54) is 16.7 Å². The van der Waals surface area contributed by atoms with E-state index < -0.39 is 0 Å². The molecule has 0 saturated heterocycles. The second-order valence-corrected chi connectivity index (χ2v) is 5.49. The quantitative estimate of drug-likeness (QED) is 0.818. The molecule has 0 aliphatic carbocycles. The van der Waals surface area contributed by atoms with E-state index in [1.807, 2.05) is 12.4 Å². The zero-order chi connectivity index (χ0) is 15.2. The number of benzene rings is 1. The van der Waals surface area contributed by atoms with Crippen LogP contribution in [0.2, 0.25) is 0 Å². The highest BCUT2D eigenvalue weighted by Gasteiger charge is 2.07. The molecular formula is C17H23N3O. The second-order valence-electron chi connectivity index (χ2n) is 5.49. The Kier molecular flexibility index (Phi) is 5.28. The summed E-state index contributed by atoms with van der Waals surface area (Å²) in [5.41, 5.74) is 4.81. The van der Waals surface area contributed by atoms with Gasteiger partial charge >= 0.3 is 0 Å². The van der Waals surface area contributed by atoms with Crippen molar-refractivity contribution in [2.75, 3.05) is 20.2 Å². The van der Waals surface area contributed by atoms with Gasteiger partial charge in [-0.15, -0.1) is 0 Å². The molecule has 0 atom stereocenters. The molecule has 0 N–H and O–H groups in total. The molecule has 4 heteroatoms. The summed E-state index contributed by atoms with van der Waals surface area (Å²) in [5.74, 6) is 1.02. The minimum Gasteiger partial charge on any atom is -0.492 e. The number of ether oxygens (including phenoxy) is 1.